The smallest absolute Gasteiger partial charge is 0.271 e. The zero-order valence-corrected chi connectivity index (χ0v) is 14.3. The zero-order chi connectivity index (χ0) is 18.4. The second kappa shape index (κ2) is 7.66. The van der Waals surface area contributed by atoms with E-state index in [9.17, 15) is 13.2 Å². The fourth-order valence-corrected chi connectivity index (χ4v) is 3.17. The minimum absolute atomic E-state index is 0.161. The molecule has 2 N–H and O–H groups in total. The number of anilines is 1. The molecule has 3 aromatic rings. The third kappa shape index (κ3) is 4.37. The first-order chi connectivity index (χ1) is 12.5. The second-order valence-electron chi connectivity index (χ2n) is 5.21. The van der Waals surface area contributed by atoms with Crippen molar-refractivity contribution in [2.45, 2.75) is 4.90 Å². The third-order valence-electron chi connectivity index (χ3n) is 3.35. The Kier molecular flexibility index (Phi) is 5.14. The van der Waals surface area contributed by atoms with E-state index < -0.39 is 15.9 Å². The van der Waals surface area contributed by atoms with Crippen LogP contribution in [0, 0.1) is 0 Å². The van der Waals surface area contributed by atoms with Gasteiger partial charge in [0.25, 0.3) is 15.9 Å². The Bertz CT molecular complexity index is 996. The van der Waals surface area contributed by atoms with Crippen molar-refractivity contribution in [2.75, 3.05) is 4.72 Å². The highest BCUT2D eigenvalue weighted by atomic mass is 32.2. The van der Waals surface area contributed by atoms with Crippen LogP contribution >= 0.6 is 0 Å². The number of hydrazone groups is 1. The average Bonchev–Trinajstić information content (AvgIpc) is 3.16. The van der Waals surface area contributed by atoms with E-state index in [-0.39, 0.29) is 4.90 Å². The van der Waals surface area contributed by atoms with Crippen LogP contribution in [0.3, 0.4) is 0 Å². The van der Waals surface area contributed by atoms with Gasteiger partial charge in [-0.1, -0.05) is 18.2 Å². The fourth-order valence-electron chi connectivity index (χ4n) is 2.09. The van der Waals surface area contributed by atoms with Gasteiger partial charge in [0, 0.05) is 11.3 Å². The zero-order valence-electron chi connectivity index (χ0n) is 13.5. The lowest BCUT2D eigenvalue weighted by Gasteiger charge is -2.08. The summed E-state index contributed by atoms with van der Waals surface area (Å²) in [4.78, 5) is 12.2. The van der Waals surface area contributed by atoms with Gasteiger partial charge in [0.1, 0.15) is 5.76 Å². The number of hydrogen-bond donors (Lipinski definition) is 2. The molecule has 0 radical (unpaired) electrons. The number of furan rings is 1. The van der Waals surface area contributed by atoms with Crippen molar-refractivity contribution in [3.05, 3.63) is 84.3 Å². The van der Waals surface area contributed by atoms with E-state index in [0.29, 0.717) is 17.0 Å². The first kappa shape index (κ1) is 17.4. The van der Waals surface area contributed by atoms with Crippen LogP contribution in [-0.2, 0) is 10.0 Å². The number of sulfonamides is 1. The van der Waals surface area contributed by atoms with E-state index in [4.69, 9.17) is 4.42 Å². The largest absolute Gasteiger partial charge is 0.463 e. The Labute approximate surface area is 150 Å². The standard InChI is InChI=1S/C18H15N3O4S/c22-18(20-19-13-16-5-4-12-25-16)14-8-10-15(11-9-14)21-26(23,24)17-6-2-1-3-7-17/h1-13,21H,(H,20,22). The summed E-state index contributed by atoms with van der Waals surface area (Å²) >= 11 is 0. The van der Waals surface area contributed by atoms with Crippen LogP contribution in [0.15, 0.2) is 87.4 Å². The van der Waals surface area contributed by atoms with Crippen molar-refractivity contribution in [2.24, 2.45) is 5.10 Å². The maximum atomic E-state index is 12.3. The number of nitrogens with one attached hydrogen (secondary N) is 2. The van der Waals surface area contributed by atoms with Crippen LogP contribution in [0.5, 0.6) is 0 Å². The highest BCUT2D eigenvalue weighted by Crippen LogP contribution is 2.16. The lowest BCUT2D eigenvalue weighted by atomic mass is 10.2. The van der Waals surface area contributed by atoms with Crippen LogP contribution in [0.2, 0.25) is 0 Å². The SMILES string of the molecule is O=C(NN=Cc1ccco1)c1ccc(NS(=O)(=O)c2ccccc2)cc1. The number of nitrogens with zero attached hydrogens (tertiary/aromatic N) is 1. The molecule has 0 aliphatic rings. The molecule has 26 heavy (non-hydrogen) atoms. The summed E-state index contributed by atoms with van der Waals surface area (Å²) < 4.78 is 32.0. The average molecular weight is 369 g/mol. The summed E-state index contributed by atoms with van der Waals surface area (Å²) in [5.41, 5.74) is 3.05. The van der Waals surface area contributed by atoms with Crippen LogP contribution in [0.4, 0.5) is 5.69 Å². The van der Waals surface area contributed by atoms with Gasteiger partial charge in [-0.05, 0) is 48.5 Å². The number of amides is 1. The van der Waals surface area contributed by atoms with E-state index in [2.05, 4.69) is 15.2 Å². The predicted molar refractivity (Wildman–Crippen MR) is 97.5 cm³/mol. The summed E-state index contributed by atoms with van der Waals surface area (Å²) in [5.74, 6) is 0.0845. The molecule has 0 fully saturated rings. The van der Waals surface area contributed by atoms with E-state index in [1.165, 1.54) is 48.9 Å². The van der Waals surface area contributed by atoms with Crippen molar-refractivity contribution >= 4 is 27.8 Å². The molecule has 132 valence electrons. The molecule has 0 saturated carbocycles. The number of hydrogen-bond acceptors (Lipinski definition) is 5. The highest BCUT2D eigenvalue weighted by Gasteiger charge is 2.13. The van der Waals surface area contributed by atoms with Crippen LogP contribution < -0.4 is 10.1 Å². The molecular formula is C18H15N3O4S. The first-order valence-electron chi connectivity index (χ1n) is 7.59. The van der Waals surface area contributed by atoms with Crippen LogP contribution in [0.1, 0.15) is 16.1 Å². The molecule has 8 heteroatoms. The predicted octanol–water partition coefficient (Wildman–Crippen LogP) is 2.84. The van der Waals surface area contributed by atoms with Crippen molar-refractivity contribution < 1.29 is 17.6 Å². The Hall–Kier alpha value is -3.39. The molecule has 1 aromatic heterocycles. The maximum Gasteiger partial charge on any atom is 0.271 e. The highest BCUT2D eigenvalue weighted by molar-refractivity contribution is 7.92. The Morgan fingerprint density at radius 1 is 0.962 bits per heavy atom. The molecule has 0 spiro atoms. The molecule has 1 amide bonds. The molecule has 2 aromatic carbocycles. The van der Waals surface area contributed by atoms with Crippen molar-refractivity contribution in [1.82, 2.24) is 5.43 Å². The van der Waals surface area contributed by atoms with Crippen molar-refractivity contribution in [3.63, 3.8) is 0 Å². The Balaban J connectivity index is 1.64. The van der Waals surface area contributed by atoms with Crippen molar-refractivity contribution in [1.29, 1.82) is 0 Å². The quantitative estimate of drug-likeness (QED) is 0.515. The van der Waals surface area contributed by atoms with Crippen molar-refractivity contribution in [3.8, 4) is 0 Å². The van der Waals surface area contributed by atoms with Gasteiger partial charge in [-0.2, -0.15) is 5.10 Å². The number of rotatable bonds is 6. The number of benzene rings is 2. The Morgan fingerprint density at radius 3 is 2.35 bits per heavy atom. The topological polar surface area (TPSA) is 101 Å². The van der Waals surface area contributed by atoms with Gasteiger partial charge in [-0.15, -0.1) is 0 Å². The normalized spacial score (nSPS) is 11.4. The van der Waals surface area contributed by atoms with Gasteiger partial charge >= 0.3 is 0 Å². The fraction of sp³-hybridized carbons (Fsp3) is 0. The minimum atomic E-state index is -3.67. The van der Waals surface area contributed by atoms with Gasteiger partial charge in [0.2, 0.25) is 0 Å². The minimum Gasteiger partial charge on any atom is -0.463 e. The second-order valence-corrected chi connectivity index (χ2v) is 6.89. The molecule has 0 aliphatic carbocycles. The lowest BCUT2D eigenvalue weighted by molar-refractivity contribution is 0.0955. The van der Waals surface area contributed by atoms with Gasteiger partial charge in [-0.3, -0.25) is 9.52 Å². The molecule has 0 atom stereocenters. The van der Waals surface area contributed by atoms with Gasteiger partial charge < -0.3 is 4.42 Å². The van der Waals surface area contributed by atoms with E-state index >= 15 is 0 Å². The van der Waals surface area contributed by atoms with E-state index in [1.54, 1.807) is 30.3 Å². The summed E-state index contributed by atoms with van der Waals surface area (Å²) in [5, 5.41) is 3.78. The number of carbonyl (C=O) groups is 1. The van der Waals surface area contributed by atoms with Gasteiger partial charge in [0.05, 0.1) is 17.4 Å². The maximum absolute atomic E-state index is 12.3. The molecule has 0 aliphatic heterocycles. The summed E-state index contributed by atoms with van der Waals surface area (Å²) in [7, 11) is -3.67. The third-order valence-corrected chi connectivity index (χ3v) is 4.75. The molecule has 3 rings (SSSR count). The molecule has 0 bridgehead atoms. The van der Waals surface area contributed by atoms with Gasteiger partial charge in [-0.25, -0.2) is 13.8 Å². The van der Waals surface area contributed by atoms with Crippen LogP contribution in [-0.4, -0.2) is 20.5 Å². The summed E-state index contributed by atoms with van der Waals surface area (Å²) in [6.07, 6.45) is 2.87. The van der Waals surface area contributed by atoms with Crippen LogP contribution in [0.25, 0.3) is 0 Å². The molecule has 1 heterocycles. The van der Waals surface area contributed by atoms with Gasteiger partial charge in [0.15, 0.2) is 0 Å². The summed E-state index contributed by atoms with van der Waals surface area (Å²) in [6, 6.07) is 17.4. The lowest BCUT2D eigenvalue weighted by Crippen LogP contribution is -2.18. The van der Waals surface area contributed by atoms with E-state index in [0.717, 1.165) is 0 Å². The molecular weight excluding hydrogens is 354 g/mol. The first-order valence-corrected chi connectivity index (χ1v) is 9.08. The number of carbonyl (C=O) groups excluding carboxylic acids is 1. The Morgan fingerprint density at radius 2 is 1.69 bits per heavy atom. The monoisotopic (exact) mass is 369 g/mol. The molecule has 0 saturated heterocycles. The van der Waals surface area contributed by atoms with E-state index in [1.807, 2.05) is 0 Å². The molecule has 0 unspecified atom stereocenters. The summed E-state index contributed by atoms with van der Waals surface area (Å²) in [6.45, 7) is 0. The molecule has 7 nitrogen and oxygen atoms in total.